The van der Waals surface area contributed by atoms with Crippen molar-refractivity contribution in [1.29, 1.82) is 0 Å². The summed E-state index contributed by atoms with van der Waals surface area (Å²) in [5.74, 6) is 0.399. The van der Waals surface area contributed by atoms with E-state index in [0.29, 0.717) is 5.88 Å². The van der Waals surface area contributed by atoms with Crippen LogP contribution >= 0.6 is 0 Å². The second-order valence-corrected chi connectivity index (χ2v) is 4.46. The highest BCUT2D eigenvalue weighted by Gasteiger charge is 2.07. The molecule has 0 aliphatic heterocycles. The van der Waals surface area contributed by atoms with E-state index in [2.05, 4.69) is 15.1 Å². The molecule has 0 atom stereocenters. The average Bonchev–Trinajstić information content (AvgIpc) is 2.97. The Labute approximate surface area is 121 Å². The van der Waals surface area contributed by atoms with Crippen molar-refractivity contribution in [3.8, 4) is 17.6 Å². The summed E-state index contributed by atoms with van der Waals surface area (Å²) in [6.45, 7) is 1.77. The van der Waals surface area contributed by atoms with E-state index >= 15 is 0 Å². The Bertz CT molecular complexity index is 740. The summed E-state index contributed by atoms with van der Waals surface area (Å²) in [5, 5.41) is 13.4. The average molecular weight is 282 g/mol. The number of aryl methyl sites for hydroxylation is 1. The monoisotopic (exact) mass is 282 g/mol. The lowest BCUT2D eigenvalue weighted by molar-refractivity contribution is 0.280. The van der Waals surface area contributed by atoms with Crippen molar-refractivity contribution in [1.82, 2.24) is 19.7 Å². The molecule has 0 bridgehead atoms. The highest BCUT2D eigenvalue weighted by molar-refractivity contribution is 5.30. The van der Waals surface area contributed by atoms with Crippen LogP contribution in [0.2, 0.25) is 0 Å². The molecule has 6 nitrogen and oxygen atoms in total. The fourth-order valence-corrected chi connectivity index (χ4v) is 1.88. The molecular weight excluding hydrogens is 268 g/mol. The Balaban J connectivity index is 1.80. The largest absolute Gasteiger partial charge is 0.404 e. The predicted octanol–water partition coefficient (Wildman–Crippen LogP) is 2.26. The van der Waals surface area contributed by atoms with Crippen LogP contribution in [-0.4, -0.2) is 24.9 Å². The van der Waals surface area contributed by atoms with E-state index in [0.717, 1.165) is 16.9 Å². The van der Waals surface area contributed by atoms with Gasteiger partial charge in [0.05, 0.1) is 12.3 Å². The smallest absolute Gasteiger partial charge is 0.342 e. The third-order valence-electron chi connectivity index (χ3n) is 3.03. The lowest BCUT2D eigenvalue weighted by Gasteiger charge is -2.04. The molecule has 1 N–H and O–H groups in total. The fraction of sp³-hybridized carbons (Fsp3) is 0.133. The van der Waals surface area contributed by atoms with Crippen LogP contribution in [0.25, 0.3) is 5.69 Å². The first kappa shape index (κ1) is 13.3. The molecule has 0 amide bonds. The Kier molecular flexibility index (Phi) is 3.61. The highest BCUT2D eigenvalue weighted by Crippen LogP contribution is 2.18. The van der Waals surface area contributed by atoms with Gasteiger partial charge in [-0.15, -0.1) is 5.10 Å². The SMILES string of the molecule is Cc1nc(Oc2ncn(-c3ccccc3)n2)ccc1CO. The molecule has 2 aromatic heterocycles. The molecule has 106 valence electrons. The van der Waals surface area contributed by atoms with Gasteiger partial charge in [0, 0.05) is 11.8 Å². The number of para-hydroxylation sites is 1. The van der Waals surface area contributed by atoms with Crippen molar-refractivity contribution < 1.29 is 9.84 Å². The minimum Gasteiger partial charge on any atom is -0.404 e. The zero-order chi connectivity index (χ0) is 14.7. The van der Waals surface area contributed by atoms with Crippen LogP contribution in [0.4, 0.5) is 0 Å². The molecule has 0 spiro atoms. The van der Waals surface area contributed by atoms with Crippen LogP contribution in [0, 0.1) is 6.92 Å². The van der Waals surface area contributed by atoms with Crippen molar-refractivity contribution in [2.75, 3.05) is 0 Å². The number of pyridine rings is 1. The molecule has 6 heteroatoms. The van der Waals surface area contributed by atoms with E-state index in [1.54, 1.807) is 23.1 Å². The summed E-state index contributed by atoms with van der Waals surface area (Å²) in [7, 11) is 0. The van der Waals surface area contributed by atoms with Crippen molar-refractivity contribution >= 4 is 0 Å². The number of nitrogens with zero attached hydrogens (tertiary/aromatic N) is 4. The third kappa shape index (κ3) is 2.90. The van der Waals surface area contributed by atoms with Gasteiger partial charge in [-0.3, -0.25) is 0 Å². The van der Waals surface area contributed by atoms with Crippen LogP contribution in [0.5, 0.6) is 11.9 Å². The van der Waals surface area contributed by atoms with Crippen LogP contribution in [0.1, 0.15) is 11.3 Å². The molecule has 0 aliphatic rings. The maximum absolute atomic E-state index is 9.12. The Morgan fingerprint density at radius 3 is 2.67 bits per heavy atom. The molecule has 0 aliphatic carbocycles. The van der Waals surface area contributed by atoms with Crippen LogP contribution in [0.15, 0.2) is 48.8 Å². The fourth-order valence-electron chi connectivity index (χ4n) is 1.88. The molecule has 3 aromatic rings. The summed E-state index contributed by atoms with van der Waals surface area (Å²) in [6.07, 6.45) is 1.58. The summed E-state index contributed by atoms with van der Waals surface area (Å²) < 4.78 is 7.15. The minimum atomic E-state index is -0.0417. The van der Waals surface area contributed by atoms with E-state index in [1.165, 1.54) is 0 Å². The number of aromatic nitrogens is 4. The van der Waals surface area contributed by atoms with E-state index < -0.39 is 0 Å². The quantitative estimate of drug-likeness (QED) is 0.794. The van der Waals surface area contributed by atoms with Gasteiger partial charge in [0.2, 0.25) is 5.88 Å². The molecule has 1 aromatic carbocycles. The van der Waals surface area contributed by atoms with Gasteiger partial charge in [0.15, 0.2) is 0 Å². The Morgan fingerprint density at radius 1 is 1.14 bits per heavy atom. The molecule has 0 unspecified atom stereocenters. The maximum Gasteiger partial charge on any atom is 0.342 e. The lowest BCUT2D eigenvalue weighted by atomic mass is 10.2. The molecule has 0 radical (unpaired) electrons. The van der Waals surface area contributed by atoms with E-state index in [4.69, 9.17) is 9.84 Å². The van der Waals surface area contributed by atoms with Gasteiger partial charge >= 0.3 is 6.01 Å². The molecule has 2 heterocycles. The predicted molar refractivity (Wildman–Crippen MR) is 76.3 cm³/mol. The van der Waals surface area contributed by atoms with Crippen molar-refractivity contribution in [3.63, 3.8) is 0 Å². The molecule has 0 fully saturated rings. The van der Waals surface area contributed by atoms with Crippen molar-refractivity contribution in [2.45, 2.75) is 13.5 Å². The number of aliphatic hydroxyl groups is 1. The number of ether oxygens (including phenoxy) is 1. The zero-order valence-corrected chi connectivity index (χ0v) is 11.5. The van der Waals surface area contributed by atoms with E-state index in [1.807, 2.05) is 37.3 Å². The van der Waals surface area contributed by atoms with Gasteiger partial charge in [-0.05, 0) is 30.7 Å². The van der Waals surface area contributed by atoms with Crippen LogP contribution in [0.3, 0.4) is 0 Å². The topological polar surface area (TPSA) is 73.1 Å². The number of hydrogen-bond donors (Lipinski definition) is 1. The Hall–Kier alpha value is -2.73. The molecule has 21 heavy (non-hydrogen) atoms. The standard InChI is InChI=1S/C15H14N4O2/c1-11-12(9-20)7-8-14(17-11)21-15-16-10-19(18-15)13-5-3-2-4-6-13/h2-8,10,20H,9H2,1H3. The summed E-state index contributed by atoms with van der Waals surface area (Å²) in [4.78, 5) is 8.35. The van der Waals surface area contributed by atoms with Crippen LogP contribution in [-0.2, 0) is 6.61 Å². The first-order chi connectivity index (χ1) is 10.3. The van der Waals surface area contributed by atoms with Gasteiger partial charge in [0.1, 0.15) is 6.33 Å². The maximum atomic E-state index is 9.12. The Morgan fingerprint density at radius 2 is 1.95 bits per heavy atom. The molecule has 0 saturated carbocycles. The number of benzene rings is 1. The van der Waals surface area contributed by atoms with Crippen LogP contribution < -0.4 is 4.74 Å². The van der Waals surface area contributed by atoms with Gasteiger partial charge < -0.3 is 9.84 Å². The first-order valence-electron chi connectivity index (χ1n) is 6.48. The van der Waals surface area contributed by atoms with E-state index in [-0.39, 0.29) is 12.6 Å². The van der Waals surface area contributed by atoms with Gasteiger partial charge in [-0.25, -0.2) is 9.67 Å². The molecular formula is C15H14N4O2. The van der Waals surface area contributed by atoms with E-state index in [9.17, 15) is 0 Å². The summed E-state index contributed by atoms with van der Waals surface area (Å²) in [5.41, 5.74) is 2.39. The summed E-state index contributed by atoms with van der Waals surface area (Å²) in [6, 6.07) is 13.3. The second kappa shape index (κ2) is 5.72. The number of hydrogen-bond acceptors (Lipinski definition) is 5. The van der Waals surface area contributed by atoms with Crippen molar-refractivity contribution in [2.24, 2.45) is 0 Å². The minimum absolute atomic E-state index is 0.0417. The van der Waals surface area contributed by atoms with Gasteiger partial charge in [-0.1, -0.05) is 18.2 Å². The number of rotatable bonds is 4. The molecule has 3 rings (SSSR count). The molecule has 0 saturated heterocycles. The summed E-state index contributed by atoms with van der Waals surface area (Å²) >= 11 is 0. The van der Waals surface area contributed by atoms with Crippen molar-refractivity contribution in [3.05, 3.63) is 60.0 Å². The zero-order valence-electron chi connectivity index (χ0n) is 11.5. The second-order valence-electron chi connectivity index (χ2n) is 4.46. The van der Waals surface area contributed by atoms with Gasteiger partial charge in [-0.2, -0.15) is 4.98 Å². The van der Waals surface area contributed by atoms with Gasteiger partial charge in [0.25, 0.3) is 0 Å². The highest BCUT2D eigenvalue weighted by atomic mass is 16.5. The lowest BCUT2D eigenvalue weighted by Crippen LogP contribution is -1.97. The third-order valence-corrected chi connectivity index (χ3v) is 3.03. The number of aliphatic hydroxyl groups excluding tert-OH is 1. The normalized spacial score (nSPS) is 10.6. The first-order valence-corrected chi connectivity index (χ1v) is 6.48.